The smallest absolute Gasteiger partial charge is 0.255 e. The van der Waals surface area contributed by atoms with E-state index >= 15 is 0 Å². The number of anilines is 1. The second-order valence-corrected chi connectivity index (χ2v) is 5.40. The normalized spacial score (nSPS) is 10.2. The molecule has 2 aromatic rings. The van der Waals surface area contributed by atoms with E-state index in [0.29, 0.717) is 5.56 Å². The summed E-state index contributed by atoms with van der Waals surface area (Å²) in [4.78, 5) is 12.2. The lowest BCUT2D eigenvalue weighted by atomic mass is 10.1. The van der Waals surface area contributed by atoms with Crippen molar-refractivity contribution in [1.29, 1.82) is 0 Å². The van der Waals surface area contributed by atoms with Crippen molar-refractivity contribution in [3.63, 3.8) is 0 Å². The van der Waals surface area contributed by atoms with Crippen LogP contribution in [-0.2, 0) is 0 Å². The quantitative estimate of drug-likeness (QED) is 0.907. The van der Waals surface area contributed by atoms with Gasteiger partial charge in [-0.25, -0.2) is 0 Å². The van der Waals surface area contributed by atoms with Crippen LogP contribution in [0.3, 0.4) is 0 Å². The first-order valence-electron chi connectivity index (χ1n) is 6.23. The van der Waals surface area contributed by atoms with Gasteiger partial charge in [0.2, 0.25) is 0 Å². The van der Waals surface area contributed by atoms with Gasteiger partial charge in [-0.2, -0.15) is 0 Å². The van der Waals surface area contributed by atoms with Crippen LogP contribution in [0.25, 0.3) is 0 Å². The number of amides is 1. The lowest BCUT2D eigenvalue weighted by molar-refractivity contribution is 0.102. The third-order valence-corrected chi connectivity index (χ3v) is 4.30. The molecule has 0 saturated heterocycles. The maximum absolute atomic E-state index is 12.2. The van der Waals surface area contributed by atoms with Gasteiger partial charge in [0.25, 0.3) is 5.91 Å². The number of rotatable bonds is 3. The summed E-state index contributed by atoms with van der Waals surface area (Å²) in [5.41, 5.74) is 3.58. The molecule has 0 saturated carbocycles. The molecular weight excluding hydrogens is 318 g/mol. The van der Waals surface area contributed by atoms with Crippen LogP contribution >= 0.6 is 15.9 Å². The molecule has 0 aromatic heterocycles. The predicted octanol–water partition coefficient (Wildman–Crippen LogP) is 4.33. The van der Waals surface area contributed by atoms with Crippen molar-refractivity contribution in [3.8, 4) is 5.75 Å². The van der Waals surface area contributed by atoms with Crippen LogP contribution in [0.15, 0.2) is 40.9 Å². The Bertz CT molecular complexity index is 612. The van der Waals surface area contributed by atoms with Crippen LogP contribution in [0.2, 0.25) is 0 Å². The molecule has 0 radical (unpaired) electrons. The minimum Gasteiger partial charge on any atom is -0.497 e. The number of hydrogen-bond acceptors (Lipinski definition) is 2. The first kappa shape index (κ1) is 14.6. The second kappa shape index (κ2) is 6.09. The first-order valence-corrected chi connectivity index (χ1v) is 7.02. The minimum atomic E-state index is -0.131. The molecule has 20 heavy (non-hydrogen) atoms. The van der Waals surface area contributed by atoms with Gasteiger partial charge in [-0.05, 0) is 61.4 Å². The topological polar surface area (TPSA) is 38.3 Å². The van der Waals surface area contributed by atoms with E-state index < -0.39 is 0 Å². The maximum Gasteiger partial charge on any atom is 0.255 e. The molecule has 0 heterocycles. The van der Waals surface area contributed by atoms with Gasteiger partial charge in [0, 0.05) is 15.7 Å². The SMILES string of the molecule is COc1ccc(C(=O)Nc2cc(C)c(Br)c(C)c2)cc1. The molecule has 1 amide bonds. The average molecular weight is 334 g/mol. The largest absolute Gasteiger partial charge is 0.497 e. The lowest BCUT2D eigenvalue weighted by Gasteiger charge is -2.10. The molecule has 0 aliphatic carbocycles. The predicted molar refractivity (Wildman–Crippen MR) is 84.6 cm³/mol. The van der Waals surface area contributed by atoms with E-state index in [-0.39, 0.29) is 5.91 Å². The zero-order chi connectivity index (χ0) is 14.7. The average Bonchev–Trinajstić information content (AvgIpc) is 2.44. The molecule has 2 rings (SSSR count). The monoisotopic (exact) mass is 333 g/mol. The van der Waals surface area contributed by atoms with Crippen LogP contribution in [0.1, 0.15) is 21.5 Å². The summed E-state index contributed by atoms with van der Waals surface area (Å²) in [6, 6.07) is 10.9. The number of carbonyl (C=O) groups is 1. The molecule has 1 N–H and O–H groups in total. The van der Waals surface area contributed by atoms with Gasteiger partial charge >= 0.3 is 0 Å². The highest BCUT2D eigenvalue weighted by Crippen LogP contribution is 2.25. The summed E-state index contributed by atoms with van der Waals surface area (Å²) in [6.07, 6.45) is 0. The van der Waals surface area contributed by atoms with E-state index in [9.17, 15) is 4.79 Å². The van der Waals surface area contributed by atoms with Gasteiger partial charge in [0.05, 0.1) is 7.11 Å². The summed E-state index contributed by atoms with van der Waals surface area (Å²) in [5.74, 6) is 0.602. The Hall–Kier alpha value is -1.81. The van der Waals surface area contributed by atoms with Crippen molar-refractivity contribution >= 4 is 27.5 Å². The van der Waals surface area contributed by atoms with Crippen LogP contribution in [0.5, 0.6) is 5.75 Å². The van der Waals surface area contributed by atoms with E-state index in [1.165, 1.54) is 0 Å². The maximum atomic E-state index is 12.2. The second-order valence-electron chi connectivity index (χ2n) is 4.61. The number of methoxy groups -OCH3 is 1. The number of hydrogen-bond donors (Lipinski definition) is 1. The fraction of sp³-hybridized carbons (Fsp3) is 0.188. The summed E-state index contributed by atoms with van der Waals surface area (Å²) in [6.45, 7) is 4.00. The number of aryl methyl sites for hydroxylation is 2. The van der Waals surface area contributed by atoms with Crippen molar-refractivity contribution in [1.82, 2.24) is 0 Å². The van der Waals surface area contributed by atoms with Crippen molar-refractivity contribution in [3.05, 3.63) is 57.6 Å². The third-order valence-electron chi connectivity index (χ3n) is 3.05. The third kappa shape index (κ3) is 3.20. The van der Waals surface area contributed by atoms with Gasteiger partial charge in [-0.15, -0.1) is 0 Å². The Kier molecular flexibility index (Phi) is 4.45. The lowest BCUT2D eigenvalue weighted by Crippen LogP contribution is -2.12. The highest BCUT2D eigenvalue weighted by Gasteiger charge is 2.08. The van der Waals surface area contributed by atoms with Crippen LogP contribution in [0, 0.1) is 13.8 Å². The molecule has 0 bridgehead atoms. The molecule has 0 aliphatic rings. The Morgan fingerprint density at radius 3 is 2.15 bits per heavy atom. The van der Waals surface area contributed by atoms with Gasteiger partial charge in [0.15, 0.2) is 0 Å². The fourth-order valence-electron chi connectivity index (χ4n) is 1.96. The Balaban J connectivity index is 2.18. The first-order chi connectivity index (χ1) is 9.51. The van der Waals surface area contributed by atoms with Gasteiger partial charge < -0.3 is 10.1 Å². The molecular formula is C16H16BrNO2. The van der Waals surface area contributed by atoms with E-state index in [2.05, 4.69) is 21.2 Å². The highest BCUT2D eigenvalue weighted by atomic mass is 79.9. The van der Waals surface area contributed by atoms with Gasteiger partial charge in [-0.3, -0.25) is 4.79 Å². The van der Waals surface area contributed by atoms with E-state index in [4.69, 9.17) is 4.74 Å². The van der Waals surface area contributed by atoms with Crippen molar-refractivity contribution < 1.29 is 9.53 Å². The minimum absolute atomic E-state index is 0.131. The van der Waals surface area contributed by atoms with Gasteiger partial charge in [0.1, 0.15) is 5.75 Å². The number of nitrogens with one attached hydrogen (secondary N) is 1. The van der Waals surface area contributed by atoms with E-state index in [1.54, 1.807) is 31.4 Å². The Morgan fingerprint density at radius 1 is 1.10 bits per heavy atom. The Labute approximate surface area is 127 Å². The van der Waals surface area contributed by atoms with Crippen LogP contribution in [-0.4, -0.2) is 13.0 Å². The molecule has 2 aromatic carbocycles. The number of ether oxygens (including phenoxy) is 1. The molecule has 0 spiro atoms. The van der Waals surface area contributed by atoms with Crippen molar-refractivity contribution in [2.24, 2.45) is 0 Å². The standard InChI is InChI=1S/C16H16BrNO2/c1-10-8-13(9-11(2)15(10)17)18-16(19)12-4-6-14(20-3)7-5-12/h4-9H,1-3H3,(H,18,19). The summed E-state index contributed by atoms with van der Waals surface area (Å²) < 4.78 is 6.14. The fourth-order valence-corrected chi connectivity index (χ4v) is 2.19. The summed E-state index contributed by atoms with van der Waals surface area (Å²) in [5, 5.41) is 2.90. The molecule has 4 heteroatoms. The zero-order valence-corrected chi connectivity index (χ0v) is 13.2. The Morgan fingerprint density at radius 2 is 1.65 bits per heavy atom. The zero-order valence-electron chi connectivity index (χ0n) is 11.7. The van der Waals surface area contributed by atoms with Crippen molar-refractivity contribution in [2.45, 2.75) is 13.8 Å². The van der Waals surface area contributed by atoms with E-state index in [1.807, 2.05) is 26.0 Å². The molecule has 3 nitrogen and oxygen atoms in total. The molecule has 0 aliphatic heterocycles. The van der Waals surface area contributed by atoms with Crippen LogP contribution in [0.4, 0.5) is 5.69 Å². The summed E-state index contributed by atoms with van der Waals surface area (Å²) in [7, 11) is 1.60. The molecule has 0 fully saturated rings. The number of halogens is 1. The molecule has 104 valence electrons. The van der Waals surface area contributed by atoms with Crippen LogP contribution < -0.4 is 10.1 Å². The van der Waals surface area contributed by atoms with E-state index in [0.717, 1.165) is 27.0 Å². The molecule has 0 atom stereocenters. The number of carbonyl (C=O) groups excluding carboxylic acids is 1. The number of benzene rings is 2. The molecule has 0 unspecified atom stereocenters. The van der Waals surface area contributed by atoms with Crippen molar-refractivity contribution in [2.75, 3.05) is 12.4 Å². The van der Waals surface area contributed by atoms with Gasteiger partial charge in [-0.1, -0.05) is 15.9 Å². The highest BCUT2D eigenvalue weighted by molar-refractivity contribution is 9.10. The summed E-state index contributed by atoms with van der Waals surface area (Å²) >= 11 is 3.51.